The van der Waals surface area contributed by atoms with Crippen LogP contribution in [-0.2, 0) is 0 Å². The summed E-state index contributed by atoms with van der Waals surface area (Å²) in [5.41, 5.74) is 5.61. The zero-order valence-electron chi connectivity index (χ0n) is 9.66. The largest absolute Gasteiger partial charge is 0.315 e. The third kappa shape index (κ3) is 5.21. The molecule has 0 aromatic heterocycles. The molecule has 0 bridgehead atoms. The molecule has 1 unspecified atom stereocenters. The molecule has 0 fully saturated rings. The van der Waals surface area contributed by atoms with Crippen LogP contribution in [0.1, 0.15) is 33.6 Å². The number of nitrogens with two attached hydrogens (primary N) is 1. The van der Waals surface area contributed by atoms with Crippen LogP contribution in [0.15, 0.2) is 0 Å². The topological polar surface area (TPSA) is 53.0 Å². The molecule has 0 saturated carbocycles. The van der Waals surface area contributed by atoms with Gasteiger partial charge in [-0.15, -0.1) is 0 Å². The summed E-state index contributed by atoms with van der Waals surface area (Å²) in [6, 6.07) is 1.73. The first-order valence-electron chi connectivity index (χ1n) is 5.55. The summed E-state index contributed by atoms with van der Waals surface area (Å²) in [5, 5.41) is 8.63. The van der Waals surface area contributed by atoms with Gasteiger partial charge in [0.05, 0.1) is 6.07 Å². The van der Waals surface area contributed by atoms with Gasteiger partial charge in [-0.2, -0.15) is 5.26 Å². The van der Waals surface area contributed by atoms with Gasteiger partial charge in [-0.25, -0.2) is 0 Å². The summed E-state index contributed by atoms with van der Waals surface area (Å²) in [5.74, 6) is 0.737. The minimum Gasteiger partial charge on any atom is -0.315 e. The zero-order valence-corrected chi connectivity index (χ0v) is 9.66. The first-order chi connectivity index (χ1) is 6.67. The molecule has 82 valence electrons. The van der Waals surface area contributed by atoms with Crippen molar-refractivity contribution in [1.29, 1.82) is 5.26 Å². The van der Waals surface area contributed by atoms with E-state index in [0.29, 0.717) is 6.54 Å². The molecule has 0 aliphatic carbocycles. The minimum absolute atomic E-state index is 0.343. The van der Waals surface area contributed by atoms with Crippen molar-refractivity contribution in [2.75, 3.05) is 19.6 Å². The van der Waals surface area contributed by atoms with Crippen molar-refractivity contribution in [1.82, 2.24) is 4.90 Å². The Hall–Kier alpha value is -0.590. The number of hydrogen-bond donors (Lipinski definition) is 1. The molecule has 0 aromatic rings. The van der Waals surface area contributed by atoms with Crippen LogP contribution in [0.4, 0.5) is 0 Å². The second-order valence-corrected chi connectivity index (χ2v) is 3.77. The maximum Gasteiger partial charge on any atom is 0.106 e. The first-order valence-corrected chi connectivity index (χ1v) is 5.55. The van der Waals surface area contributed by atoms with Crippen molar-refractivity contribution in [2.24, 2.45) is 11.7 Å². The highest BCUT2D eigenvalue weighted by Gasteiger charge is 2.12. The van der Waals surface area contributed by atoms with Crippen LogP contribution < -0.4 is 5.73 Å². The number of rotatable bonds is 7. The average molecular weight is 197 g/mol. The molecular formula is C11H23N3. The van der Waals surface area contributed by atoms with Gasteiger partial charge < -0.3 is 10.6 Å². The molecule has 0 aliphatic heterocycles. The van der Waals surface area contributed by atoms with E-state index in [2.05, 4.69) is 31.7 Å². The van der Waals surface area contributed by atoms with E-state index in [1.165, 1.54) is 12.8 Å². The Morgan fingerprint density at radius 2 is 1.79 bits per heavy atom. The van der Waals surface area contributed by atoms with Gasteiger partial charge in [0.15, 0.2) is 0 Å². The summed E-state index contributed by atoms with van der Waals surface area (Å²) >= 11 is 0. The summed E-state index contributed by atoms with van der Waals surface area (Å²) in [6.07, 6.45) is 2.41. The van der Waals surface area contributed by atoms with Gasteiger partial charge >= 0.3 is 0 Å². The standard InChI is InChI=1S/C11H23N3/c1-4-10(5-2)8-14(6-3)9-11(13)7-12/h10-11H,4-6,8-9,13H2,1-3H3. The number of likely N-dealkylation sites (N-methyl/N-ethyl adjacent to an activating group) is 1. The second kappa shape index (κ2) is 7.78. The van der Waals surface area contributed by atoms with Crippen LogP contribution in [0.25, 0.3) is 0 Å². The normalized spacial score (nSPS) is 13.2. The summed E-state index contributed by atoms with van der Waals surface area (Å²) in [6.45, 7) is 9.29. The molecular weight excluding hydrogens is 174 g/mol. The second-order valence-electron chi connectivity index (χ2n) is 3.77. The maximum atomic E-state index is 8.63. The predicted molar refractivity (Wildman–Crippen MR) is 59.8 cm³/mol. The van der Waals surface area contributed by atoms with Crippen LogP contribution >= 0.6 is 0 Å². The molecule has 3 heteroatoms. The van der Waals surface area contributed by atoms with E-state index >= 15 is 0 Å². The lowest BCUT2D eigenvalue weighted by Gasteiger charge is -2.25. The van der Waals surface area contributed by atoms with E-state index in [-0.39, 0.29) is 6.04 Å². The SMILES string of the molecule is CCC(CC)CN(CC)CC(N)C#N. The van der Waals surface area contributed by atoms with Gasteiger partial charge in [0.2, 0.25) is 0 Å². The number of nitriles is 1. The van der Waals surface area contributed by atoms with Crippen LogP contribution in [0.5, 0.6) is 0 Å². The quantitative estimate of drug-likeness (QED) is 0.674. The fraction of sp³-hybridized carbons (Fsp3) is 0.909. The van der Waals surface area contributed by atoms with E-state index in [4.69, 9.17) is 11.0 Å². The lowest BCUT2D eigenvalue weighted by molar-refractivity contribution is 0.230. The Morgan fingerprint density at radius 1 is 1.21 bits per heavy atom. The highest BCUT2D eigenvalue weighted by molar-refractivity contribution is 4.89. The van der Waals surface area contributed by atoms with Crippen molar-refractivity contribution < 1.29 is 0 Å². The van der Waals surface area contributed by atoms with Crippen molar-refractivity contribution in [3.63, 3.8) is 0 Å². The fourth-order valence-electron chi connectivity index (χ4n) is 1.56. The Kier molecular flexibility index (Phi) is 7.45. The summed E-state index contributed by atoms with van der Waals surface area (Å²) in [7, 11) is 0. The zero-order chi connectivity index (χ0) is 11.0. The molecule has 1 atom stereocenters. The fourth-order valence-corrected chi connectivity index (χ4v) is 1.56. The summed E-state index contributed by atoms with van der Waals surface area (Å²) < 4.78 is 0. The highest BCUT2D eigenvalue weighted by atomic mass is 15.1. The third-order valence-electron chi connectivity index (χ3n) is 2.74. The number of nitrogens with zero attached hydrogens (tertiary/aromatic N) is 2. The Labute approximate surface area is 87.9 Å². The monoisotopic (exact) mass is 197 g/mol. The lowest BCUT2D eigenvalue weighted by atomic mass is 10.0. The average Bonchev–Trinajstić information content (AvgIpc) is 2.23. The van der Waals surface area contributed by atoms with Crippen LogP contribution in [0, 0.1) is 17.2 Å². The molecule has 0 spiro atoms. The predicted octanol–water partition coefficient (Wildman–Crippen LogP) is 1.60. The van der Waals surface area contributed by atoms with Gasteiger partial charge in [0, 0.05) is 13.1 Å². The third-order valence-corrected chi connectivity index (χ3v) is 2.74. The Bertz CT molecular complexity index is 170. The lowest BCUT2D eigenvalue weighted by Crippen LogP contribution is -2.39. The van der Waals surface area contributed by atoms with Gasteiger partial charge in [-0.05, 0) is 12.5 Å². The first kappa shape index (κ1) is 13.4. The minimum atomic E-state index is -0.343. The number of hydrogen-bond acceptors (Lipinski definition) is 3. The molecule has 0 aromatic carbocycles. The van der Waals surface area contributed by atoms with E-state index < -0.39 is 0 Å². The summed E-state index contributed by atoms with van der Waals surface area (Å²) in [4.78, 5) is 2.27. The molecule has 0 amide bonds. The van der Waals surface area contributed by atoms with E-state index in [1.54, 1.807) is 0 Å². The van der Waals surface area contributed by atoms with Crippen molar-refractivity contribution in [3.8, 4) is 6.07 Å². The molecule has 14 heavy (non-hydrogen) atoms. The molecule has 0 rings (SSSR count). The van der Waals surface area contributed by atoms with Gasteiger partial charge in [0.25, 0.3) is 0 Å². The molecule has 0 radical (unpaired) electrons. The van der Waals surface area contributed by atoms with E-state index in [1.807, 2.05) is 0 Å². The Morgan fingerprint density at radius 3 is 2.14 bits per heavy atom. The maximum absolute atomic E-state index is 8.63. The van der Waals surface area contributed by atoms with Gasteiger partial charge in [-0.1, -0.05) is 33.6 Å². The molecule has 0 aliphatic rings. The van der Waals surface area contributed by atoms with Crippen molar-refractivity contribution in [2.45, 2.75) is 39.7 Å². The van der Waals surface area contributed by atoms with Crippen LogP contribution in [0.2, 0.25) is 0 Å². The molecule has 0 heterocycles. The molecule has 2 N–H and O–H groups in total. The van der Waals surface area contributed by atoms with E-state index in [9.17, 15) is 0 Å². The Balaban J connectivity index is 3.95. The van der Waals surface area contributed by atoms with Gasteiger partial charge in [-0.3, -0.25) is 0 Å². The molecule has 3 nitrogen and oxygen atoms in total. The molecule has 0 saturated heterocycles. The van der Waals surface area contributed by atoms with Crippen LogP contribution in [-0.4, -0.2) is 30.6 Å². The van der Waals surface area contributed by atoms with Crippen LogP contribution in [0.3, 0.4) is 0 Å². The van der Waals surface area contributed by atoms with Gasteiger partial charge in [0.1, 0.15) is 6.04 Å². The highest BCUT2D eigenvalue weighted by Crippen LogP contribution is 2.09. The van der Waals surface area contributed by atoms with E-state index in [0.717, 1.165) is 19.0 Å². The van der Waals surface area contributed by atoms with Crippen molar-refractivity contribution >= 4 is 0 Å². The van der Waals surface area contributed by atoms with Crippen molar-refractivity contribution in [3.05, 3.63) is 0 Å². The smallest absolute Gasteiger partial charge is 0.106 e.